The zero-order chi connectivity index (χ0) is 78.0. The fourth-order valence-electron chi connectivity index (χ4n) is 12.3. The Kier molecular flexibility index (Phi) is 46.5. The van der Waals surface area contributed by atoms with Crippen molar-refractivity contribution in [2.45, 2.75) is 255 Å². The van der Waals surface area contributed by atoms with E-state index in [1.165, 1.54) is 146 Å². The minimum absolute atomic E-state index is 0. The number of hydrogen-bond acceptors (Lipinski definition) is 31. The van der Waals surface area contributed by atoms with Crippen LogP contribution in [0.1, 0.15) is 206 Å². The third kappa shape index (κ3) is 35.2. The van der Waals surface area contributed by atoms with Crippen LogP contribution in [0.3, 0.4) is 0 Å². The summed E-state index contributed by atoms with van der Waals surface area (Å²) in [4.78, 5) is 89.0. The summed E-state index contributed by atoms with van der Waals surface area (Å²) in [6, 6.07) is -1.08. The van der Waals surface area contributed by atoms with Gasteiger partial charge in [-0.3, -0.25) is 47.0 Å². The number of phosphoric acid groups is 1. The molecule has 33 nitrogen and oxygen atoms in total. The van der Waals surface area contributed by atoms with Crippen LogP contribution in [0, 0.1) is 0 Å². The number of unbranched alkanes of at least 4 members (excludes halogenated alkanes) is 23. The molecule has 610 valence electrons. The Labute approximate surface area is 708 Å². The van der Waals surface area contributed by atoms with Crippen LogP contribution in [0.25, 0.3) is 22.3 Å². The molecule has 0 aromatic carbocycles. The van der Waals surface area contributed by atoms with E-state index in [0.717, 1.165) is 57.7 Å². The SMILES string of the molecule is CCCCCCCCCCCCC/C=C/[C@@H](OC(=O)CCC(=O)OCCSSCCOC(=O)Nc1ncnc2c1ncn2[C@H]1O[C@H]2COP(=O)([S-])O[C@H]3[C@@H](O)[C@@H](n4cnc5c(N)ncnc54)O[C@H]3COP(=O)([S-])O[C@H]2[C@H]1O)[C@H](COP(=O)(O)OCC[N+](C)(C)C)NC(=O)CCCCCCCCCCCCCCC.[Na+].[Na+]. The Balaban J connectivity index is 0.0000108. The number of nitrogens with zero attached hydrogens (tertiary/aromatic N) is 9. The molecule has 3 saturated heterocycles. The van der Waals surface area contributed by atoms with Gasteiger partial charge >= 0.3 is 85.0 Å². The molecule has 0 bridgehead atoms. The first-order chi connectivity index (χ1) is 51.8. The number of carbonyl (C=O) groups is 4. The van der Waals surface area contributed by atoms with Crippen LogP contribution >= 0.6 is 43.0 Å². The maximum atomic E-state index is 13.8. The van der Waals surface area contributed by atoms with E-state index in [1.54, 1.807) is 6.08 Å². The molecule has 7 rings (SSSR count). The van der Waals surface area contributed by atoms with Crippen molar-refractivity contribution < 1.29 is 162 Å². The maximum absolute atomic E-state index is 13.8. The fourth-order valence-corrected chi connectivity index (χ4v) is 17.5. The summed E-state index contributed by atoms with van der Waals surface area (Å²) in [7, 11) is 3.81. The summed E-state index contributed by atoms with van der Waals surface area (Å²) in [6.45, 7) is -6.20. The van der Waals surface area contributed by atoms with E-state index in [9.17, 15) is 48.0 Å². The molecule has 110 heavy (non-hydrogen) atoms. The molecule has 3 aliphatic heterocycles. The fraction of sp³-hybridized carbons (Fsp3) is 0.765. The van der Waals surface area contributed by atoms with Crippen molar-refractivity contribution in [2.24, 2.45) is 0 Å². The number of aliphatic hydroxyl groups is 2. The van der Waals surface area contributed by atoms with Crippen molar-refractivity contribution in [3.63, 3.8) is 0 Å². The van der Waals surface area contributed by atoms with Gasteiger partial charge < -0.3 is 96.9 Å². The molecule has 7 N–H and O–H groups in total. The number of likely N-dealkylation sites (N-methyl/N-ethyl adjacent to an activating group) is 1. The van der Waals surface area contributed by atoms with Crippen molar-refractivity contribution in [3.8, 4) is 0 Å². The summed E-state index contributed by atoms with van der Waals surface area (Å²) in [5.74, 6) is -1.09. The number of fused-ring (bicyclic) bond motifs is 4. The summed E-state index contributed by atoms with van der Waals surface area (Å²) < 4.78 is 106. The molecule has 4 aromatic heterocycles. The zero-order valence-electron chi connectivity index (χ0n) is 64.7. The minimum atomic E-state index is -4.62. The van der Waals surface area contributed by atoms with Gasteiger partial charge in [0.15, 0.2) is 54.5 Å². The number of hydrogen-bond donors (Lipinski definition) is 6. The van der Waals surface area contributed by atoms with Crippen molar-refractivity contribution >= 4 is 125 Å². The van der Waals surface area contributed by atoms with Crippen LogP contribution in [0.4, 0.5) is 16.4 Å². The molecule has 0 aliphatic carbocycles. The molecule has 7 heterocycles. The molecule has 3 unspecified atom stereocenters. The van der Waals surface area contributed by atoms with Gasteiger partial charge in [0.05, 0.1) is 72.5 Å². The number of nitrogens with one attached hydrogen (secondary N) is 2. The second-order valence-corrected chi connectivity index (χ2v) is 37.5. The monoisotopic (exact) mass is 1700 g/mol. The molecule has 42 heteroatoms. The number of amides is 2. The Bertz CT molecular complexity index is 3590. The van der Waals surface area contributed by atoms with Crippen molar-refractivity contribution in [1.82, 2.24) is 44.4 Å². The molecule has 4 aromatic rings. The number of rotatable bonds is 50. The number of aromatic nitrogens is 8. The first-order valence-electron chi connectivity index (χ1n) is 37.7. The first-order valence-corrected chi connectivity index (χ1v) is 46.8. The van der Waals surface area contributed by atoms with Crippen molar-refractivity contribution in [1.29, 1.82) is 0 Å². The predicted molar refractivity (Wildman–Crippen MR) is 414 cm³/mol. The van der Waals surface area contributed by atoms with Crippen LogP contribution < -0.4 is 75.5 Å². The number of allylic oxidation sites excluding steroid dienone is 1. The molecule has 2 amide bonds. The van der Waals surface area contributed by atoms with Gasteiger partial charge in [0.25, 0.3) is 0 Å². The van der Waals surface area contributed by atoms with Gasteiger partial charge in [-0.1, -0.05) is 183 Å². The van der Waals surface area contributed by atoms with E-state index in [0.29, 0.717) is 35.4 Å². The maximum Gasteiger partial charge on any atom is 1.00 e. The van der Waals surface area contributed by atoms with Crippen LogP contribution in [-0.4, -0.2) is 210 Å². The molecule has 13 atom stereocenters. The summed E-state index contributed by atoms with van der Waals surface area (Å²) >= 11 is 10.5. The molecular formula is C68H112N12Na2O21P3S4+. The van der Waals surface area contributed by atoms with E-state index in [2.05, 4.69) is 54.4 Å². The predicted octanol–water partition coefficient (Wildman–Crippen LogP) is 6.13. The Morgan fingerprint density at radius 1 is 0.655 bits per heavy atom. The third-order valence-electron chi connectivity index (χ3n) is 18.1. The van der Waals surface area contributed by atoms with Gasteiger partial charge in [0.2, 0.25) is 5.91 Å². The molecular weight excluding hydrogens is 1590 g/mol. The van der Waals surface area contributed by atoms with Gasteiger partial charge in [0.1, 0.15) is 87.3 Å². The van der Waals surface area contributed by atoms with Gasteiger partial charge in [-0.05, 0) is 25.3 Å². The smallest absolute Gasteiger partial charge is 0.660 e. The quantitative estimate of drug-likeness (QED) is 0.00333. The van der Waals surface area contributed by atoms with Gasteiger partial charge in [-0.2, -0.15) is 0 Å². The van der Waals surface area contributed by atoms with Crippen molar-refractivity contribution in [2.75, 3.05) is 89.9 Å². The summed E-state index contributed by atoms with van der Waals surface area (Å²) in [5, 5.41) is 28.7. The molecule has 0 spiro atoms. The molecule has 3 fully saturated rings. The van der Waals surface area contributed by atoms with E-state index in [4.69, 9.17) is 81.1 Å². The van der Waals surface area contributed by atoms with Crippen LogP contribution in [-0.2, 0) is 103 Å². The molecule has 0 saturated carbocycles. The normalized spacial score (nSPS) is 23.4. The number of nitrogens with two attached hydrogens (primary N) is 1. The number of carbonyl (C=O) groups excluding carboxylic acids is 4. The van der Waals surface area contributed by atoms with Gasteiger partial charge in [-0.15, -0.1) is 0 Å². The Hall–Kier alpha value is -2.07. The molecule has 3 aliphatic rings. The standard InChI is InChI=1S/C68H113N12O21P3S4.2Na/c1-6-8-10-12-14-16-18-20-22-24-26-28-30-32-50(49(42-94-102(87,88)93-37-36-80(3,4)5)76-53(81)33-31-29-27-25-23-21-19-17-15-13-11-9-7-2)97-55(83)35-34-54(82)91-38-40-107-108-41-39-92-68(86)77-63-57-65(73-46-71-63)79(48-75-57)67-59(85)61-52(99-67)44-96-103(89,105)100-60-51(43-95-104(90,106)101-61)98-66(58(60)84)78-47-74-56-62(69)70-45-72-64(56)78;;/h30,32,45-52,58-61,66-67,84-85H,6-29,31,33-44H2,1-5H3,(H6-,69,70,71,72,73,76,77,81,86,87,88,89,90,105,106);;/q;2*+1/p-1/b32-30+;;/t49-,50+,51-,52-,58+,59+,60+,61+,66-,67-,103?,104?;;/m0../s1. The van der Waals surface area contributed by atoms with Crippen LogP contribution in [0.15, 0.2) is 37.5 Å². The largest absolute Gasteiger partial charge is 1.00 e. The van der Waals surface area contributed by atoms with E-state index < -0.39 is 120 Å². The average molecular weight is 1700 g/mol. The zero-order valence-corrected chi connectivity index (χ0v) is 74.6. The number of esters is 2. The van der Waals surface area contributed by atoms with Crippen LogP contribution in [0.5, 0.6) is 0 Å². The van der Waals surface area contributed by atoms with Crippen molar-refractivity contribution in [3.05, 3.63) is 37.5 Å². The third-order valence-corrected chi connectivity index (χ3v) is 24.5. The second-order valence-electron chi connectivity index (χ2n) is 28.0. The number of quaternary nitrogens is 1. The number of ether oxygens (including phenoxy) is 5. The number of imidazole rings is 2. The Morgan fingerprint density at radius 2 is 1.13 bits per heavy atom. The first kappa shape index (κ1) is 98.5. The number of phosphoric ester groups is 1. The topological polar surface area (TPSA) is 419 Å². The van der Waals surface area contributed by atoms with Gasteiger partial charge in [0, 0.05) is 17.9 Å². The second kappa shape index (κ2) is 52.0. The van der Waals surface area contributed by atoms with E-state index >= 15 is 0 Å². The van der Waals surface area contributed by atoms with Gasteiger partial charge in [-0.25, -0.2) is 39.3 Å². The number of aliphatic hydroxyl groups excluding tert-OH is 2. The number of anilines is 2. The summed E-state index contributed by atoms with van der Waals surface area (Å²) in [5.41, 5.74) is 6.41. The van der Waals surface area contributed by atoms with E-state index in [1.807, 2.05) is 27.2 Å². The number of nitrogen functional groups attached to an aromatic ring is 1. The van der Waals surface area contributed by atoms with Crippen LogP contribution in [0.2, 0.25) is 0 Å². The van der Waals surface area contributed by atoms with E-state index in [-0.39, 0.29) is 138 Å². The summed E-state index contributed by atoms with van der Waals surface area (Å²) in [6.07, 6.45) is 22.7. The Morgan fingerprint density at radius 3 is 1.65 bits per heavy atom. The molecule has 0 radical (unpaired) electrons. The average Bonchev–Trinajstić information content (AvgIpc) is 1.62. The minimum Gasteiger partial charge on any atom is -0.660 e.